The van der Waals surface area contributed by atoms with Gasteiger partial charge in [0.1, 0.15) is 0 Å². The summed E-state index contributed by atoms with van der Waals surface area (Å²) in [6.45, 7) is 3.05. The summed E-state index contributed by atoms with van der Waals surface area (Å²) in [6, 6.07) is 10.1. The number of carboxylic acids is 1. The van der Waals surface area contributed by atoms with E-state index in [-0.39, 0.29) is 19.0 Å². The molecular formula is C16H22ClN3O3. The zero-order valence-electron chi connectivity index (χ0n) is 13.1. The second-order valence-electron chi connectivity index (χ2n) is 5.19. The van der Waals surface area contributed by atoms with Crippen LogP contribution in [0.2, 0.25) is 0 Å². The summed E-state index contributed by atoms with van der Waals surface area (Å²) in [4.78, 5) is 17.0. The molecule has 1 heterocycles. The van der Waals surface area contributed by atoms with Crippen molar-refractivity contribution >= 4 is 18.4 Å². The van der Waals surface area contributed by atoms with Crippen LogP contribution >= 0.6 is 12.4 Å². The lowest BCUT2D eigenvalue weighted by Gasteiger charge is -2.16. The first-order chi connectivity index (χ1) is 10.7. The Bertz CT molecular complexity index is 589. The summed E-state index contributed by atoms with van der Waals surface area (Å²) in [7, 11) is 0. The second-order valence-corrected chi connectivity index (χ2v) is 5.19. The molecule has 2 aromatic rings. The molecule has 0 aliphatic heterocycles. The molecule has 1 aromatic carbocycles. The summed E-state index contributed by atoms with van der Waals surface area (Å²) in [5.41, 5.74) is 1.23. The number of hydrogen-bond acceptors (Lipinski definition) is 5. The first kappa shape index (κ1) is 19.1. The molecule has 1 N–H and O–H groups in total. The maximum atomic E-state index is 10.8. The van der Waals surface area contributed by atoms with Gasteiger partial charge in [-0.25, -0.2) is 0 Å². The number of benzene rings is 1. The molecule has 0 fully saturated rings. The molecule has 0 spiro atoms. The SMILES string of the molecule is CCCN(CC(=O)O)Cc1nc(CCc2ccccc2)no1.Cl. The highest BCUT2D eigenvalue weighted by atomic mass is 35.5. The normalized spacial score (nSPS) is 10.5. The summed E-state index contributed by atoms with van der Waals surface area (Å²) in [5.74, 6) is 0.278. The second kappa shape index (κ2) is 9.97. The van der Waals surface area contributed by atoms with Crippen LogP contribution in [0.1, 0.15) is 30.6 Å². The molecular weight excluding hydrogens is 318 g/mol. The molecule has 2 rings (SSSR count). The van der Waals surface area contributed by atoms with Crippen molar-refractivity contribution < 1.29 is 14.4 Å². The van der Waals surface area contributed by atoms with Crippen LogP contribution in [0.15, 0.2) is 34.9 Å². The minimum atomic E-state index is -0.850. The maximum absolute atomic E-state index is 10.8. The van der Waals surface area contributed by atoms with Crippen molar-refractivity contribution in [3.8, 4) is 0 Å². The Morgan fingerprint density at radius 1 is 1.26 bits per heavy atom. The average molecular weight is 340 g/mol. The Morgan fingerprint density at radius 2 is 2.00 bits per heavy atom. The standard InChI is InChI=1S/C16H21N3O3.ClH/c1-2-10-19(12-16(20)21)11-15-17-14(18-22-15)9-8-13-6-4-3-5-7-13;/h3-7H,2,8-12H2,1H3,(H,20,21);1H. The van der Waals surface area contributed by atoms with E-state index in [4.69, 9.17) is 9.63 Å². The van der Waals surface area contributed by atoms with Crippen molar-refractivity contribution in [1.29, 1.82) is 0 Å². The molecule has 0 atom stereocenters. The van der Waals surface area contributed by atoms with Crippen molar-refractivity contribution in [2.45, 2.75) is 32.7 Å². The third-order valence-electron chi connectivity index (χ3n) is 3.25. The van der Waals surface area contributed by atoms with Crippen LogP contribution in [0, 0.1) is 0 Å². The zero-order valence-corrected chi connectivity index (χ0v) is 14.0. The number of hydrogen-bond donors (Lipinski definition) is 1. The molecule has 0 aliphatic rings. The Labute approximate surface area is 141 Å². The fourth-order valence-electron chi connectivity index (χ4n) is 2.27. The van der Waals surface area contributed by atoms with Crippen LogP contribution in [0.4, 0.5) is 0 Å². The Balaban J connectivity index is 0.00000264. The topological polar surface area (TPSA) is 79.5 Å². The van der Waals surface area contributed by atoms with Crippen LogP contribution in [-0.2, 0) is 24.2 Å². The monoisotopic (exact) mass is 339 g/mol. The van der Waals surface area contributed by atoms with Crippen LogP contribution in [0.5, 0.6) is 0 Å². The molecule has 0 bridgehead atoms. The lowest BCUT2D eigenvalue weighted by molar-refractivity contribution is -0.138. The van der Waals surface area contributed by atoms with E-state index in [9.17, 15) is 4.79 Å². The number of nitrogens with zero attached hydrogens (tertiary/aromatic N) is 3. The summed E-state index contributed by atoms with van der Waals surface area (Å²) >= 11 is 0. The summed E-state index contributed by atoms with van der Waals surface area (Å²) in [6.07, 6.45) is 2.44. The van der Waals surface area contributed by atoms with Gasteiger partial charge in [0.15, 0.2) is 5.82 Å². The molecule has 0 saturated carbocycles. The Hall–Kier alpha value is -1.92. The van der Waals surface area contributed by atoms with Gasteiger partial charge < -0.3 is 9.63 Å². The molecule has 23 heavy (non-hydrogen) atoms. The highest BCUT2D eigenvalue weighted by Gasteiger charge is 2.14. The quantitative estimate of drug-likeness (QED) is 0.756. The van der Waals surface area contributed by atoms with Crippen molar-refractivity contribution in [2.24, 2.45) is 0 Å². The number of rotatable bonds is 9. The summed E-state index contributed by atoms with van der Waals surface area (Å²) < 4.78 is 5.22. The highest BCUT2D eigenvalue weighted by Crippen LogP contribution is 2.07. The number of carbonyl (C=O) groups is 1. The molecule has 0 amide bonds. The van der Waals surface area contributed by atoms with Crippen LogP contribution in [-0.4, -0.2) is 39.2 Å². The predicted octanol–water partition coefficient (Wildman–Crippen LogP) is 2.57. The lowest BCUT2D eigenvalue weighted by atomic mass is 10.1. The van der Waals surface area contributed by atoms with E-state index < -0.39 is 5.97 Å². The molecule has 0 aliphatic carbocycles. The predicted molar refractivity (Wildman–Crippen MR) is 88.6 cm³/mol. The molecule has 0 radical (unpaired) electrons. The van der Waals surface area contributed by atoms with Gasteiger partial charge in [-0.1, -0.05) is 42.4 Å². The molecule has 6 nitrogen and oxygen atoms in total. The maximum Gasteiger partial charge on any atom is 0.317 e. The van der Waals surface area contributed by atoms with Gasteiger partial charge in [0, 0.05) is 6.42 Å². The number of aryl methyl sites for hydroxylation is 2. The first-order valence-electron chi connectivity index (χ1n) is 7.47. The van der Waals surface area contributed by atoms with Gasteiger partial charge in [0.25, 0.3) is 0 Å². The molecule has 0 unspecified atom stereocenters. The van der Waals surface area contributed by atoms with Crippen molar-refractivity contribution in [3.63, 3.8) is 0 Å². The fourth-order valence-corrected chi connectivity index (χ4v) is 2.27. The van der Waals surface area contributed by atoms with E-state index in [0.717, 1.165) is 12.8 Å². The van der Waals surface area contributed by atoms with Gasteiger partial charge in [-0.05, 0) is 24.9 Å². The molecule has 126 valence electrons. The zero-order chi connectivity index (χ0) is 15.8. The van der Waals surface area contributed by atoms with Gasteiger partial charge in [-0.3, -0.25) is 9.69 Å². The summed E-state index contributed by atoms with van der Waals surface area (Å²) in [5, 5.41) is 12.9. The Morgan fingerprint density at radius 3 is 2.65 bits per heavy atom. The smallest absolute Gasteiger partial charge is 0.317 e. The van der Waals surface area contributed by atoms with Gasteiger partial charge in [-0.15, -0.1) is 12.4 Å². The third-order valence-corrected chi connectivity index (χ3v) is 3.25. The third kappa shape index (κ3) is 6.80. The fraction of sp³-hybridized carbons (Fsp3) is 0.438. The van der Waals surface area contributed by atoms with Crippen LogP contribution in [0.3, 0.4) is 0 Å². The van der Waals surface area contributed by atoms with Crippen LogP contribution in [0.25, 0.3) is 0 Å². The number of halogens is 1. The number of aliphatic carboxylic acids is 1. The largest absolute Gasteiger partial charge is 0.480 e. The Kier molecular flexibility index (Phi) is 8.29. The average Bonchev–Trinajstić information content (AvgIpc) is 2.93. The molecule has 7 heteroatoms. The van der Waals surface area contributed by atoms with Crippen LogP contribution < -0.4 is 0 Å². The van der Waals surface area contributed by atoms with Crippen molar-refractivity contribution in [2.75, 3.05) is 13.1 Å². The highest BCUT2D eigenvalue weighted by molar-refractivity contribution is 5.85. The van der Waals surface area contributed by atoms with E-state index in [1.165, 1.54) is 5.56 Å². The van der Waals surface area contributed by atoms with Gasteiger partial charge in [-0.2, -0.15) is 4.98 Å². The van der Waals surface area contributed by atoms with Gasteiger partial charge >= 0.3 is 5.97 Å². The molecule has 1 aromatic heterocycles. The van der Waals surface area contributed by atoms with Crippen molar-refractivity contribution in [3.05, 3.63) is 47.6 Å². The minimum Gasteiger partial charge on any atom is -0.480 e. The molecule has 0 saturated heterocycles. The van der Waals surface area contributed by atoms with Gasteiger partial charge in [0.05, 0.1) is 13.1 Å². The van der Waals surface area contributed by atoms with E-state index in [1.807, 2.05) is 25.1 Å². The number of aromatic nitrogens is 2. The van der Waals surface area contributed by atoms with E-state index in [1.54, 1.807) is 4.90 Å². The van der Waals surface area contributed by atoms with Crippen molar-refractivity contribution in [1.82, 2.24) is 15.0 Å². The minimum absolute atomic E-state index is 0. The number of carboxylic acid groups (broad SMARTS) is 1. The van der Waals surface area contributed by atoms with Gasteiger partial charge in [0.2, 0.25) is 5.89 Å². The first-order valence-corrected chi connectivity index (χ1v) is 7.47. The van der Waals surface area contributed by atoms with E-state index in [0.29, 0.717) is 31.2 Å². The van der Waals surface area contributed by atoms with E-state index >= 15 is 0 Å². The lowest BCUT2D eigenvalue weighted by Crippen LogP contribution is -2.30. The van der Waals surface area contributed by atoms with E-state index in [2.05, 4.69) is 22.3 Å².